The third-order valence-corrected chi connectivity index (χ3v) is 4.84. The van der Waals surface area contributed by atoms with E-state index in [1.54, 1.807) is 6.07 Å². The second-order valence-electron chi connectivity index (χ2n) is 6.97. The minimum atomic E-state index is -5.04. The Morgan fingerprint density at radius 2 is 1.76 bits per heavy atom. The number of nitrogens with zero attached hydrogens (tertiary/aromatic N) is 1. The number of amides is 1. The average Bonchev–Trinajstić information content (AvgIpc) is 2.80. The molecule has 1 amide bonds. The summed E-state index contributed by atoms with van der Waals surface area (Å²) >= 11 is 0. The SMILES string of the molecule is COc1ccccc1Oc1c(C(F)(F)F)oc2cc(OC(=O)N3CCOCC3)ccc2c1=O. The van der Waals surface area contributed by atoms with Gasteiger partial charge in [-0.05, 0) is 24.3 Å². The van der Waals surface area contributed by atoms with Crippen molar-refractivity contribution in [3.8, 4) is 23.0 Å². The van der Waals surface area contributed by atoms with Crippen molar-refractivity contribution in [3.05, 3.63) is 58.4 Å². The lowest BCUT2D eigenvalue weighted by atomic mass is 10.2. The molecule has 0 aliphatic carbocycles. The van der Waals surface area contributed by atoms with Crippen LogP contribution in [-0.4, -0.2) is 44.4 Å². The van der Waals surface area contributed by atoms with Crippen LogP contribution in [0.4, 0.5) is 18.0 Å². The van der Waals surface area contributed by atoms with Crippen LogP contribution in [0.15, 0.2) is 51.7 Å². The van der Waals surface area contributed by atoms with E-state index in [9.17, 15) is 22.8 Å². The molecule has 2 heterocycles. The molecule has 1 aliphatic rings. The van der Waals surface area contributed by atoms with Crippen molar-refractivity contribution in [2.75, 3.05) is 33.4 Å². The van der Waals surface area contributed by atoms with E-state index in [1.165, 1.54) is 42.3 Å². The number of morpholine rings is 1. The fourth-order valence-electron chi connectivity index (χ4n) is 3.22. The second kappa shape index (κ2) is 9.02. The van der Waals surface area contributed by atoms with E-state index in [-0.39, 0.29) is 22.6 Å². The number of alkyl halides is 3. The maximum Gasteiger partial charge on any atom is 0.453 e. The number of hydrogen-bond donors (Lipinski definition) is 0. The Hall–Kier alpha value is -3.73. The van der Waals surface area contributed by atoms with Crippen LogP contribution < -0.4 is 19.6 Å². The number of rotatable bonds is 4. The second-order valence-corrected chi connectivity index (χ2v) is 6.97. The molecule has 11 heteroatoms. The Labute approximate surface area is 185 Å². The van der Waals surface area contributed by atoms with E-state index in [1.807, 2.05) is 0 Å². The van der Waals surface area contributed by atoms with Crippen molar-refractivity contribution in [1.29, 1.82) is 0 Å². The van der Waals surface area contributed by atoms with Crippen molar-refractivity contribution in [2.24, 2.45) is 0 Å². The topological polar surface area (TPSA) is 87.4 Å². The number of halogens is 3. The molecule has 0 saturated carbocycles. The first-order valence-electron chi connectivity index (χ1n) is 9.81. The van der Waals surface area contributed by atoms with Gasteiger partial charge in [-0.1, -0.05) is 12.1 Å². The highest BCUT2D eigenvalue weighted by Crippen LogP contribution is 2.40. The Morgan fingerprint density at radius 1 is 1.06 bits per heavy atom. The van der Waals surface area contributed by atoms with Crippen molar-refractivity contribution in [3.63, 3.8) is 0 Å². The molecule has 4 rings (SSSR count). The van der Waals surface area contributed by atoms with Gasteiger partial charge in [0.25, 0.3) is 5.76 Å². The quantitative estimate of drug-likeness (QED) is 0.563. The summed E-state index contributed by atoms with van der Waals surface area (Å²) in [6.07, 6.45) is -5.72. The van der Waals surface area contributed by atoms with Gasteiger partial charge < -0.3 is 28.3 Å². The number of para-hydroxylation sites is 2. The van der Waals surface area contributed by atoms with Crippen LogP contribution in [0.25, 0.3) is 11.0 Å². The Bertz CT molecular complexity index is 1230. The highest BCUT2D eigenvalue weighted by molar-refractivity contribution is 5.81. The van der Waals surface area contributed by atoms with Gasteiger partial charge in [0, 0.05) is 19.2 Å². The first-order valence-corrected chi connectivity index (χ1v) is 9.81. The molecule has 0 spiro atoms. The number of benzene rings is 2. The van der Waals surface area contributed by atoms with Crippen LogP contribution in [0.3, 0.4) is 0 Å². The number of carbonyl (C=O) groups excluding carboxylic acids is 1. The smallest absolute Gasteiger partial charge is 0.453 e. The standard InChI is InChI=1S/C22H18F3NO7/c1-29-15-4-2-3-5-16(15)32-19-18(27)14-7-6-13(12-17(14)33-20(19)22(23,24)25)31-21(28)26-8-10-30-11-9-26/h2-7,12H,8-11H2,1H3. The lowest BCUT2D eigenvalue weighted by Gasteiger charge is -2.25. The zero-order chi connectivity index (χ0) is 23.6. The summed E-state index contributed by atoms with van der Waals surface area (Å²) in [6, 6.07) is 9.49. The number of hydrogen-bond acceptors (Lipinski definition) is 7. The largest absolute Gasteiger partial charge is 0.493 e. The number of fused-ring (bicyclic) bond motifs is 1. The van der Waals surface area contributed by atoms with Gasteiger partial charge in [-0.25, -0.2) is 4.79 Å². The molecule has 1 saturated heterocycles. The van der Waals surface area contributed by atoms with E-state index < -0.39 is 34.8 Å². The maximum atomic E-state index is 13.7. The minimum absolute atomic E-state index is 0.0753. The number of carbonyl (C=O) groups is 1. The lowest BCUT2D eigenvalue weighted by Crippen LogP contribution is -2.42. The molecule has 174 valence electrons. The van der Waals surface area contributed by atoms with Crippen molar-refractivity contribution < 1.29 is 41.3 Å². The first-order chi connectivity index (χ1) is 15.8. The van der Waals surface area contributed by atoms with Crippen molar-refractivity contribution in [2.45, 2.75) is 6.18 Å². The zero-order valence-electron chi connectivity index (χ0n) is 17.3. The Balaban J connectivity index is 1.73. The summed E-state index contributed by atoms with van der Waals surface area (Å²) in [5.41, 5.74) is -1.45. The normalized spacial score (nSPS) is 14.2. The molecular weight excluding hydrogens is 447 g/mol. The van der Waals surface area contributed by atoms with Gasteiger partial charge in [0.2, 0.25) is 11.2 Å². The summed E-state index contributed by atoms with van der Waals surface area (Å²) < 4.78 is 67.1. The van der Waals surface area contributed by atoms with Crippen molar-refractivity contribution >= 4 is 17.1 Å². The summed E-state index contributed by atoms with van der Waals surface area (Å²) in [4.78, 5) is 26.6. The van der Waals surface area contributed by atoms with Gasteiger partial charge in [-0.2, -0.15) is 13.2 Å². The number of methoxy groups -OCH3 is 1. The lowest BCUT2D eigenvalue weighted by molar-refractivity contribution is -0.154. The molecule has 0 unspecified atom stereocenters. The molecule has 2 aromatic carbocycles. The Morgan fingerprint density at radius 3 is 2.42 bits per heavy atom. The monoisotopic (exact) mass is 465 g/mol. The molecule has 1 fully saturated rings. The Kier molecular flexibility index (Phi) is 6.14. The molecular formula is C22H18F3NO7. The summed E-state index contributed by atoms with van der Waals surface area (Å²) in [7, 11) is 1.31. The fraction of sp³-hybridized carbons (Fsp3) is 0.273. The zero-order valence-corrected chi connectivity index (χ0v) is 17.3. The van der Waals surface area contributed by atoms with E-state index >= 15 is 0 Å². The van der Waals surface area contributed by atoms with Crippen LogP contribution in [0, 0.1) is 0 Å². The molecule has 1 aliphatic heterocycles. The summed E-state index contributed by atoms with van der Waals surface area (Å²) in [6.45, 7) is 1.35. The highest BCUT2D eigenvalue weighted by atomic mass is 19.4. The van der Waals surface area contributed by atoms with E-state index in [2.05, 4.69) is 0 Å². The molecule has 0 radical (unpaired) electrons. The van der Waals surface area contributed by atoms with Gasteiger partial charge in [0.1, 0.15) is 11.3 Å². The van der Waals surface area contributed by atoms with Gasteiger partial charge >= 0.3 is 12.3 Å². The van der Waals surface area contributed by atoms with Gasteiger partial charge in [-0.3, -0.25) is 4.79 Å². The predicted octanol–water partition coefficient (Wildman–Crippen LogP) is 4.44. The molecule has 8 nitrogen and oxygen atoms in total. The van der Waals surface area contributed by atoms with Crippen LogP contribution in [0.1, 0.15) is 5.76 Å². The molecule has 33 heavy (non-hydrogen) atoms. The van der Waals surface area contributed by atoms with E-state index in [4.69, 9.17) is 23.4 Å². The number of ether oxygens (including phenoxy) is 4. The third kappa shape index (κ3) is 4.72. The molecule has 0 N–H and O–H groups in total. The molecule has 0 atom stereocenters. The molecule has 0 bridgehead atoms. The average molecular weight is 465 g/mol. The van der Waals surface area contributed by atoms with Gasteiger partial charge in [0.05, 0.1) is 25.7 Å². The van der Waals surface area contributed by atoms with Crippen LogP contribution >= 0.6 is 0 Å². The third-order valence-electron chi connectivity index (χ3n) is 4.84. The predicted molar refractivity (Wildman–Crippen MR) is 109 cm³/mol. The van der Waals surface area contributed by atoms with Crippen LogP contribution in [-0.2, 0) is 10.9 Å². The van der Waals surface area contributed by atoms with E-state index in [0.29, 0.717) is 26.3 Å². The van der Waals surface area contributed by atoms with E-state index in [0.717, 1.165) is 6.07 Å². The van der Waals surface area contributed by atoms with Crippen molar-refractivity contribution in [1.82, 2.24) is 4.90 Å². The molecule has 3 aromatic rings. The fourth-order valence-corrected chi connectivity index (χ4v) is 3.22. The molecule has 1 aromatic heterocycles. The van der Waals surface area contributed by atoms with Crippen LogP contribution in [0.5, 0.6) is 23.0 Å². The first kappa shape index (κ1) is 22.5. The van der Waals surface area contributed by atoms with Gasteiger partial charge in [0.15, 0.2) is 11.5 Å². The van der Waals surface area contributed by atoms with Gasteiger partial charge in [-0.15, -0.1) is 0 Å². The van der Waals surface area contributed by atoms with Crippen LogP contribution in [0.2, 0.25) is 0 Å². The minimum Gasteiger partial charge on any atom is -0.493 e. The maximum absolute atomic E-state index is 13.7. The summed E-state index contributed by atoms with van der Waals surface area (Å²) in [5, 5.41) is -0.181. The highest BCUT2D eigenvalue weighted by Gasteiger charge is 2.40. The summed E-state index contributed by atoms with van der Waals surface area (Å²) in [5.74, 6) is -2.68.